The van der Waals surface area contributed by atoms with Gasteiger partial charge in [-0.2, -0.15) is 0 Å². The van der Waals surface area contributed by atoms with E-state index in [-0.39, 0.29) is 11.7 Å². The van der Waals surface area contributed by atoms with Gasteiger partial charge in [-0.1, -0.05) is 0 Å². The Labute approximate surface area is 88.3 Å². The lowest BCUT2D eigenvalue weighted by Crippen LogP contribution is -2.30. The van der Waals surface area contributed by atoms with Crippen molar-refractivity contribution < 1.29 is 12.8 Å². The van der Waals surface area contributed by atoms with Gasteiger partial charge in [0, 0.05) is 11.7 Å². The summed E-state index contributed by atoms with van der Waals surface area (Å²) in [6, 6.07) is 3.14. The normalized spacial score (nSPS) is 12.0. The lowest BCUT2D eigenvalue weighted by Gasteiger charge is -2.10. The molecule has 0 saturated carbocycles. The highest BCUT2D eigenvalue weighted by Gasteiger charge is 2.19. The summed E-state index contributed by atoms with van der Waals surface area (Å²) in [6.45, 7) is 3.31. The summed E-state index contributed by atoms with van der Waals surface area (Å²) < 4.78 is 38.7. The van der Waals surface area contributed by atoms with Crippen molar-refractivity contribution in [1.82, 2.24) is 4.72 Å². The number of benzene rings is 1. The summed E-state index contributed by atoms with van der Waals surface area (Å²) in [6.07, 6.45) is 0. The van der Waals surface area contributed by atoms with Gasteiger partial charge in [-0.15, -0.1) is 0 Å². The summed E-state index contributed by atoms with van der Waals surface area (Å²) in [5, 5.41) is 0. The predicted molar refractivity (Wildman–Crippen MR) is 56.3 cm³/mol. The maximum absolute atomic E-state index is 13.2. The quantitative estimate of drug-likeness (QED) is 0.766. The maximum atomic E-state index is 13.2. The van der Waals surface area contributed by atoms with Gasteiger partial charge in [0.15, 0.2) is 0 Å². The van der Waals surface area contributed by atoms with Gasteiger partial charge in [0.1, 0.15) is 10.7 Å². The minimum atomic E-state index is -3.82. The molecule has 0 radical (unpaired) electrons. The van der Waals surface area contributed by atoms with Crippen molar-refractivity contribution in [3.8, 4) is 0 Å². The summed E-state index contributed by atoms with van der Waals surface area (Å²) in [7, 11) is -3.82. The molecule has 0 atom stereocenters. The highest BCUT2D eigenvalue weighted by Crippen LogP contribution is 2.17. The highest BCUT2D eigenvalue weighted by molar-refractivity contribution is 7.89. The number of nitrogen functional groups attached to an aromatic ring is 1. The Bertz CT molecular complexity index is 457. The SMILES string of the molecule is CC(C)NS(=O)(=O)c1cc(N)ccc1F. The summed E-state index contributed by atoms with van der Waals surface area (Å²) >= 11 is 0. The Morgan fingerprint density at radius 1 is 1.40 bits per heavy atom. The second kappa shape index (κ2) is 4.16. The van der Waals surface area contributed by atoms with Gasteiger partial charge in [-0.25, -0.2) is 17.5 Å². The van der Waals surface area contributed by atoms with E-state index >= 15 is 0 Å². The van der Waals surface area contributed by atoms with Crippen LogP contribution >= 0.6 is 0 Å². The second-order valence-electron chi connectivity index (χ2n) is 3.47. The van der Waals surface area contributed by atoms with Crippen molar-refractivity contribution in [1.29, 1.82) is 0 Å². The number of rotatable bonds is 3. The first kappa shape index (κ1) is 11.9. The van der Waals surface area contributed by atoms with Crippen LogP contribution in [0.5, 0.6) is 0 Å². The van der Waals surface area contributed by atoms with Gasteiger partial charge in [0.05, 0.1) is 0 Å². The van der Waals surface area contributed by atoms with Crippen LogP contribution in [-0.4, -0.2) is 14.5 Å². The molecule has 84 valence electrons. The fourth-order valence-corrected chi connectivity index (χ4v) is 2.46. The zero-order chi connectivity index (χ0) is 11.6. The molecule has 0 amide bonds. The van der Waals surface area contributed by atoms with E-state index < -0.39 is 20.7 Å². The number of hydrogen-bond acceptors (Lipinski definition) is 3. The van der Waals surface area contributed by atoms with Crippen LogP contribution in [0.3, 0.4) is 0 Å². The van der Waals surface area contributed by atoms with Crippen molar-refractivity contribution in [2.24, 2.45) is 0 Å². The van der Waals surface area contributed by atoms with Crippen molar-refractivity contribution in [2.45, 2.75) is 24.8 Å². The highest BCUT2D eigenvalue weighted by atomic mass is 32.2. The zero-order valence-electron chi connectivity index (χ0n) is 8.49. The van der Waals surface area contributed by atoms with Gasteiger partial charge in [-0.3, -0.25) is 0 Å². The Morgan fingerprint density at radius 3 is 2.53 bits per heavy atom. The van der Waals surface area contributed by atoms with E-state index in [4.69, 9.17) is 5.73 Å². The molecule has 0 saturated heterocycles. The van der Waals surface area contributed by atoms with E-state index in [1.165, 1.54) is 6.07 Å². The van der Waals surface area contributed by atoms with Gasteiger partial charge in [-0.05, 0) is 32.0 Å². The maximum Gasteiger partial charge on any atom is 0.243 e. The zero-order valence-corrected chi connectivity index (χ0v) is 9.31. The van der Waals surface area contributed by atoms with Crippen molar-refractivity contribution in [3.05, 3.63) is 24.0 Å². The average Bonchev–Trinajstić information content (AvgIpc) is 2.06. The third-order valence-corrected chi connectivity index (χ3v) is 3.31. The molecule has 0 aromatic heterocycles. The molecular formula is C9H13FN2O2S. The fraction of sp³-hybridized carbons (Fsp3) is 0.333. The average molecular weight is 232 g/mol. The molecule has 0 bridgehead atoms. The van der Waals surface area contributed by atoms with Crippen molar-refractivity contribution in [2.75, 3.05) is 5.73 Å². The molecule has 0 aliphatic carbocycles. The number of hydrogen-bond donors (Lipinski definition) is 2. The Hall–Kier alpha value is -1.14. The topological polar surface area (TPSA) is 72.2 Å². The van der Waals surface area contributed by atoms with Gasteiger partial charge < -0.3 is 5.73 Å². The first-order valence-corrected chi connectivity index (χ1v) is 5.88. The minimum Gasteiger partial charge on any atom is -0.399 e. The van der Waals surface area contributed by atoms with Crippen molar-refractivity contribution in [3.63, 3.8) is 0 Å². The van der Waals surface area contributed by atoms with Crippen LogP contribution in [0.2, 0.25) is 0 Å². The lowest BCUT2D eigenvalue weighted by atomic mass is 10.3. The monoisotopic (exact) mass is 232 g/mol. The number of halogens is 1. The Balaban J connectivity index is 3.21. The lowest BCUT2D eigenvalue weighted by molar-refractivity contribution is 0.549. The largest absolute Gasteiger partial charge is 0.399 e. The molecule has 1 rings (SSSR count). The molecule has 0 aliphatic rings. The third-order valence-electron chi connectivity index (χ3n) is 1.64. The second-order valence-corrected chi connectivity index (χ2v) is 5.15. The van der Waals surface area contributed by atoms with E-state index in [0.717, 1.165) is 12.1 Å². The molecule has 4 nitrogen and oxygen atoms in total. The third kappa shape index (κ3) is 2.90. The van der Waals surface area contributed by atoms with Gasteiger partial charge >= 0.3 is 0 Å². The molecule has 15 heavy (non-hydrogen) atoms. The first-order chi connectivity index (χ1) is 6.83. The van der Waals surface area contributed by atoms with Gasteiger partial charge in [0.2, 0.25) is 10.0 Å². The number of sulfonamides is 1. The van der Waals surface area contributed by atoms with Crippen LogP contribution in [0.4, 0.5) is 10.1 Å². The smallest absolute Gasteiger partial charge is 0.243 e. The van der Waals surface area contributed by atoms with Crippen LogP contribution in [0.1, 0.15) is 13.8 Å². The van der Waals surface area contributed by atoms with E-state index in [0.29, 0.717) is 0 Å². The molecule has 6 heteroatoms. The van der Waals surface area contributed by atoms with Crippen LogP contribution in [0.25, 0.3) is 0 Å². The van der Waals surface area contributed by atoms with Crippen LogP contribution < -0.4 is 10.5 Å². The first-order valence-electron chi connectivity index (χ1n) is 4.40. The molecule has 1 aromatic carbocycles. The Morgan fingerprint density at radius 2 is 2.00 bits per heavy atom. The summed E-state index contributed by atoms with van der Waals surface area (Å²) in [5.41, 5.74) is 5.60. The minimum absolute atomic E-state index is 0.209. The van der Waals surface area contributed by atoms with Crippen LogP contribution in [0.15, 0.2) is 23.1 Å². The summed E-state index contributed by atoms with van der Waals surface area (Å²) in [4.78, 5) is -0.420. The van der Waals surface area contributed by atoms with Crippen molar-refractivity contribution >= 4 is 15.7 Å². The standard InChI is InChI=1S/C9H13FN2O2S/c1-6(2)12-15(13,14)9-5-7(11)3-4-8(9)10/h3-6,12H,11H2,1-2H3. The molecule has 1 aromatic rings. The molecule has 0 heterocycles. The van der Waals surface area contributed by atoms with E-state index in [9.17, 15) is 12.8 Å². The molecule has 0 spiro atoms. The van der Waals surface area contributed by atoms with Crippen LogP contribution in [-0.2, 0) is 10.0 Å². The Kier molecular flexibility index (Phi) is 3.31. The van der Waals surface area contributed by atoms with Crippen LogP contribution in [0, 0.1) is 5.82 Å². The number of nitrogens with two attached hydrogens (primary N) is 1. The van der Waals surface area contributed by atoms with E-state index in [2.05, 4.69) is 4.72 Å². The number of nitrogens with one attached hydrogen (secondary N) is 1. The summed E-state index contributed by atoms with van der Waals surface area (Å²) in [5.74, 6) is -0.808. The van der Waals surface area contributed by atoms with Gasteiger partial charge in [0.25, 0.3) is 0 Å². The molecule has 0 unspecified atom stereocenters. The molecule has 3 N–H and O–H groups in total. The molecule has 0 fully saturated rings. The predicted octanol–water partition coefficient (Wildman–Crippen LogP) is 1.09. The molecule has 0 aliphatic heterocycles. The fourth-order valence-electron chi connectivity index (χ4n) is 1.10. The van der Waals surface area contributed by atoms with E-state index in [1.54, 1.807) is 13.8 Å². The van der Waals surface area contributed by atoms with E-state index in [1.807, 2.05) is 0 Å². The number of anilines is 1. The molecular weight excluding hydrogens is 219 g/mol.